The lowest BCUT2D eigenvalue weighted by molar-refractivity contribution is 0.0382. The molecule has 116 valence electrons. The van der Waals surface area contributed by atoms with Crippen LogP contribution < -0.4 is 5.32 Å². The minimum atomic E-state index is -0.160. The molecule has 0 aromatic carbocycles. The van der Waals surface area contributed by atoms with Crippen LogP contribution in [0.1, 0.15) is 40.7 Å². The second kappa shape index (κ2) is 5.81. The highest BCUT2D eigenvalue weighted by molar-refractivity contribution is 7.07. The number of hydrogen-bond donors (Lipinski definition) is 1. The highest BCUT2D eigenvalue weighted by Crippen LogP contribution is 2.32. The Morgan fingerprint density at radius 3 is 3.18 bits per heavy atom. The molecule has 2 aromatic heterocycles. The Hall–Kier alpha value is -1.73. The normalized spacial score (nSPS) is 20.6. The van der Waals surface area contributed by atoms with Gasteiger partial charge in [-0.3, -0.25) is 9.48 Å². The summed E-state index contributed by atoms with van der Waals surface area (Å²) in [4.78, 5) is 16.0. The van der Waals surface area contributed by atoms with Gasteiger partial charge in [-0.25, -0.2) is 4.98 Å². The van der Waals surface area contributed by atoms with Gasteiger partial charge >= 0.3 is 0 Å². The van der Waals surface area contributed by atoms with Crippen LogP contribution >= 0.6 is 11.3 Å². The van der Waals surface area contributed by atoms with Crippen molar-refractivity contribution >= 4 is 17.2 Å². The molecule has 22 heavy (non-hydrogen) atoms. The van der Waals surface area contributed by atoms with Crippen molar-refractivity contribution in [3.8, 4) is 0 Å². The number of carbonyl (C=O) groups is 1. The van der Waals surface area contributed by atoms with Gasteiger partial charge in [0.15, 0.2) is 0 Å². The van der Waals surface area contributed by atoms with Crippen LogP contribution in [-0.2, 0) is 17.7 Å². The van der Waals surface area contributed by atoms with Gasteiger partial charge in [0, 0.05) is 24.7 Å². The number of carbonyl (C=O) groups excluding carboxylic acids is 1. The van der Waals surface area contributed by atoms with Crippen LogP contribution in [0.25, 0.3) is 0 Å². The predicted octanol–water partition coefficient (Wildman–Crippen LogP) is 1.79. The van der Waals surface area contributed by atoms with E-state index in [1.807, 2.05) is 4.68 Å². The lowest BCUT2D eigenvalue weighted by Crippen LogP contribution is -2.32. The van der Waals surface area contributed by atoms with Crippen molar-refractivity contribution < 1.29 is 9.53 Å². The molecule has 1 aliphatic carbocycles. The number of thiazole rings is 1. The van der Waals surface area contributed by atoms with E-state index in [2.05, 4.69) is 21.6 Å². The molecule has 1 aliphatic heterocycles. The second-order valence-corrected chi connectivity index (χ2v) is 6.62. The first-order valence-corrected chi connectivity index (χ1v) is 8.58. The third kappa shape index (κ3) is 2.91. The molecule has 1 atom stereocenters. The molecular weight excluding hydrogens is 300 g/mol. The number of amides is 1. The van der Waals surface area contributed by atoms with Crippen LogP contribution in [-0.4, -0.2) is 33.8 Å². The lowest BCUT2D eigenvalue weighted by Gasteiger charge is -2.22. The monoisotopic (exact) mass is 318 g/mol. The minimum Gasteiger partial charge on any atom is -0.370 e. The van der Waals surface area contributed by atoms with Gasteiger partial charge in [-0.15, -0.1) is 11.3 Å². The largest absolute Gasteiger partial charge is 0.370 e. The van der Waals surface area contributed by atoms with Crippen molar-refractivity contribution in [3.05, 3.63) is 34.0 Å². The lowest BCUT2D eigenvalue weighted by atomic mass is 10.1. The molecular formula is C15H18N4O2S. The summed E-state index contributed by atoms with van der Waals surface area (Å²) in [6.45, 7) is 2.12. The highest BCUT2D eigenvalue weighted by Gasteiger charge is 2.27. The van der Waals surface area contributed by atoms with E-state index in [-0.39, 0.29) is 12.0 Å². The maximum atomic E-state index is 12.0. The Bertz CT molecular complexity index is 663. The van der Waals surface area contributed by atoms with Gasteiger partial charge in [0.25, 0.3) is 5.91 Å². The van der Waals surface area contributed by atoms with E-state index in [4.69, 9.17) is 4.74 Å². The van der Waals surface area contributed by atoms with Crippen molar-refractivity contribution in [2.24, 2.45) is 5.92 Å². The van der Waals surface area contributed by atoms with Crippen molar-refractivity contribution in [1.82, 2.24) is 20.1 Å². The SMILES string of the molecule is O=C(NC[C@H]1OCCc2cn(CC3CC3)nc21)c1cscn1. The number of hydrogen-bond acceptors (Lipinski definition) is 5. The standard InChI is InChI=1S/C15H18N4O2S/c20-15(12-8-22-9-17-12)16-5-13-14-11(3-4-21-13)7-19(18-14)6-10-1-2-10/h7-10,13H,1-6H2,(H,16,20)/t13-/m1/s1. The Morgan fingerprint density at radius 1 is 1.50 bits per heavy atom. The average molecular weight is 318 g/mol. The molecule has 1 amide bonds. The Labute approximate surface area is 132 Å². The molecule has 0 spiro atoms. The van der Waals surface area contributed by atoms with Gasteiger partial charge in [0.1, 0.15) is 11.8 Å². The second-order valence-electron chi connectivity index (χ2n) is 5.90. The van der Waals surface area contributed by atoms with Crippen LogP contribution in [0.3, 0.4) is 0 Å². The summed E-state index contributed by atoms with van der Waals surface area (Å²) < 4.78 is 7.85. The van der Waals surface area contributed by atoms with Gasteiger partial charge in [0.05, 0.1) is 17.8 Å². The van der Waals surface area contributed by atoms with E-state index in [1.54, 1.807) is 10.9 Å². The van der Waals surface area contributed by atoms with Gasteiger partial charge in [0.2, 0.25) is 0 Å². The highest BCUT2D eigenvalue weighted by atomic mass is 32.1. The number of aromatic nitrogens is 3. The van der Waals surface area contributed by atoms with E-state index in [0.717, 1.165) is 24.6 Å². The maximum Gasteiger partial charge on any atom is 0.270 e. The third-order valence-electron chi connectivity index (χ3n) is 4.12. The van der Waals surface area contributed by atoms with Crippen LogP contribution in [0.2, 0.25) is 0 Å². The number of rotatable bonds is 5. The molecule has 0 bridgehead atoms. The number of nitrogens with one attached hydrogen (secondary N) is 1. The Kier molecular flexibility index (Phi) is 3.67. The Morgan fingerprint density at radius 2 is 2.41 bits per heavy atom. The molecule has 6 nitrogen and oxygen atoms in total. The summed E-state index contributed by atoms with van der Waals surface area (Å²) in [7, 11) is 0. The molecule has 7 heteroatoms. The van der Waals surface area contributed by atoms with E-state index in [0.29, 0.717) is 18.8 Å². The van der Waals surface area contributed by atoms with Crippen LogP contribution in [0, 0.1) is 5.92 Å². The smallest absolute Gasteiger partial charge is 0.270 e. The molecule has 3 heterocycles. The predicted molar refractivity (Wildman–Crippen MR) is 81.8 cm³/mol. The molecule has 0 unspecified atom stereocenters. The summed E-state index contributed by atoms with van der Waals surface area (Å²) >= 11 is 1.41. The first-order chi connectivity index (χ1) is 10.8. The van der Waals surface area contributed by atoms with Gasteiger partial charge in [-0.05, 0) is 30.7 Å². The fourth-order valence-electron chi connectivity index (χ4n) is 2.75. The fourth-order valence-corrected chi connectivity index (χ4v) is 3.28. The topological polar surface area (TPSA) is 69.0 Å². The number of fused-ring (bicyclic) bond motifs is 1. The zero-order chi connectivity index (χ0) is 14.9. The van der Waals surface area contributed by atoms with Crippen molar-refractivity contribution in [2.45, 2.75) is 31.9 Å². The van der Waals surface area contributed by atoms with Crippen molar-refractivity contribution in [2.75, 3.05) is 13.2 Å². The molecule has 1 fully saturated rings. The molecule has 1 saturated carbocycles. The summed E-state index contributed by atoms with van der Waals surface area (Å²) in [5.74, 6) is 0.638. The van der Waals surface area contributed by atoms with Gasteiger partial charge in [-0.2, -0.15) is 5.10 Å². The zero-order valence-corrected chi connectivity index (χ0v) is 13.0. The molecule has 0 radical (unpaired) electrons. The number of nitrogens with zero attached hydrogens (tertiary/aromatic N) is 3. The zero-order valence-electron chi connectivity index (χ0n) is 12.2. The first-order valence-electron chi connectivity index (χ1n) is 7.64. The third-order valence-corrected chi connectivity index (χ3v) is 4.71. The fraction of sp³-hybridized carbons (Fsp3) is 0.533. The van der Waals surface area contributed by atoms with Crippen LogP contribution in [0.4, 0.5) is 0 Å². The van der Waals surface area contributed by atoms with E-state index in [1.165, 1.54) is 29.7 Å². The van der Waals surface area contributed by atoms with Crippen LogP contribution in [0.15, 0.2) is 17.1 Å². The Balaban J connectivity index is 1.42. The summed E-state index contributed by atoms with van der Waals surface area (Å²) in [5, 5.41) is 9.31. The molecule has 1 N–H and O–H groups in total. The minimum absolute atomic E-state index is 0.158. The summed E-state index contributed by atoms with van der Waals surface area (Å²) in [6.07, 6.45) is 5.51. The average Bonchev–Trinajstić information content (AvgIpc) is 3.03. The van der Waals surface area contributed by atoms with Gasteiger partial charge in [-0.1, -0.05) is 0 Å². The van der Waals surface area contributed by atoms with Crippen molar-refractivity contribution in [3.63, 3.8) is 0 Å². The van der Waals surface area contributed by atoms with Gasteiger partial charge < -0.3 is 10.1 Å². The van der Waals surface area contributed by atoms with E-state index >= 15 is 0 Å². The van der Waals surface area contributed by atoms with Crippen LogP contribution in [0.5, 0.6) is 0 Å². The molecule has 2 aliphatic rings. The molecule has 4 rings (SSSR count). The van der Waals surface area contributed by atoms with Crippen molar-refractivity contribution in [1.29, 1.82) is 0 Å². The van der Waals surface area contributed by atoms with E-state index in [9.17, 15) is 4.79 Å². The summed E-state index contributed by atoms with van der Waals surface area (Å²) in [6, 6.07) is 0. The number of ether oxygens (including phenoxy) is 1. The molecule has 2 aromatic rings. The molecule has 0 saturated heterocycles. The maximum absolute atomic E-state index is 12.0. The first kappa shape index (κ1) is 13.9. The van der Waals surface area contributed by atoms with E-state index < -0.39 is 0 Å². The summed E-state index contributed by atoms with van der Waals surface area (Å²) in [5.41, 5.74) is 4.34. The quantitative estimate of drug-likeness (QED) is 0.912.